The molecule has 0 spiro atoms. The Bertz CT molecular complexity index is 710. The lowest BCUT2D eigenvalue weighted by molar-refractivity contribution is -0.141. The van der Waals surface area contributed by atoms with Crippen molar-refractivity contribution in [2.75, 3.05) is 39.8 Å². The summed E-state index contributed by atoms with van der Waals surface area (Å²) >= 11 is 0. The van der Waals surface area contributed by atoms with Gasteiger partial charge in [-0.25, -0.2) is 0 Å². The molecule has 178 valence electrons. The van der Waals surface area contributed by atoms with E-state index in [0.717, 1.165) is 44.5 Å². The maximum absolute atomic E-state index is 13.3. The van der Waals surface area contributed by atoms with E-state index in [0.29, 0.717) is 38.8 Å². The van der Waals surface area contributed by atoms with Gasteiger partial charge in [0.15, 0.2) is 0 Å². The van der Waals surface area contributed by atoms with Crippen LogP contribution in [0.25, 0.3) is 0 Å². The number of amides is 2. The topological polar surface area (TPSA) is 79.0 Å². The van der Waals surface area contributed by atoms with Crippen LogP contribution in [0.15, 0.2) is 30.3 Å². The minimum Gasteiger partial charge on any atom is -0.469 e. The molecular weight excluding hydrogens is 406 g/mol. The smallest absolute Gasteiger partial charge is 0.305 e. The quantitative estimate of drug-likeness (QED) is 0.515. The summed E-state index contributed by atoms with van der Waals surface area (Å²) in [7, 11) is 1.38. The molecule has 1 atom stereocenters. The average molecular weight is 446 g/mol. The molecule has 1 N–H and O–H groups in total. The van der Waals surface area contributed by atoms with Crippen molar-refractivity contribution in [3.05, 3.63) is 35.9 Å². The number of nitrogens with zero attached hydrogens (tertiary/aromatic N) is 2. The first-order valence-corrected chi connectivity index (χ1v) is 12.0. The minimum atomic E-state index is -0.292. The highest BCUT2D eigenvalue weighted by molar-refractivity contribution is 5.80. The second-order valence-electron chi connectivity index (χ2n) is 8.35. The zero-order chi connectivity index (χ0) is 23.2. The molecule has 2 amide bonds. The third-order valence-corrected chi connectivity index (χ3v) is 6.05. The number of ether oxygens (including phenoxy) is 1. The zero-order valence-electron chi connectivity index (χ0n) is 19.7. The van der Waals surface area contributed by atoms with Crippen molar-refractivity contribution in [2.45, 2.75) is 64.3 Å². The van der Waals surface area contributed by atoms with E-state index >= 15 is 0 Å². The molecule has 32 heavy (non-hydrogen) atoms. The van der Waals surface area contributed by atoms with Gasteiger partial charge in [-0.3, -0.25) is 14.4 Å². The van der Waals surface area contributed by atoms with Crippen LogP contribution in [0.5, 0.6) is 0 Å². The summed E-state index contributed by atoms with van der Waals surface area (Å²) in [6, 6.07) is 9.54. The zero-order valence-corrected chi connectivity index (χ0v) is 19.7. The van der Waals surface area contributed by atoms with Gasteiger partial charge in [-0.05, 0) is 57.3 Å². The fourth-order valence-corrected chi connectivity index (χ4v) is 4.16. The Kier molecular flexibility index (Phi) is 11.8. The summed E-state index contributed by atoms with van der Waals surface area (Å²) in [5.41, 5.74) is 0.979. The van der Waals surface area contributed by atoms with Gasteiger partial charge in [0.2, 0.25) is 11.8 Å². The van der Waals surface area contributed by atoms with E-state index in [1.54, 1.807) is 0 Å². The number of rotatable bonds is 7. The highest BCUT2D eigenvalue weighted by atomic mass is 16.5. The molecule has 0 aromatic heterocycles. The standard InChI is InChI=1S/C25H39N3O4/c1-3-27-17-10-9-16-26-23(29)20-22(21-12-5-4-6-13-21)28(19-11-18-27)24(30)14-7-8-15-25(31)32-2/h4-6,12-13,22H,3,7-11,14-20H2,1-2H3,(H,26,29). The van der Waals surface area contributed by atoms with Crippen molar-refractivity contribution in [3.63, 3.8) is 0 Å². The van der Waals surface area contributed by atoms with Gasteiger partial charge in [-0.1, -0.05) is 37.3 Å². The number of hydrogen-bond acceptors (Lipinski definition) is 5. The van der Waals surface area contributed by atoms with Gasteiger partial charge < -0.3 is 19.9 Å². The Morgan fingerprint density at radius 1 is 1.03 bits per heavy atom. The first kappa shape index (κ1) is 25.8. The van der Waals surface area contributed by atoms with E-state index in [9.17, 15) is 14.4 Å². The Morgan fingerprint density at radius 3 is 2.47 bits per heavy atom. The molecule has 1 aliphatic rings. The van der Waals surface area contributed by atoms with Gasteiger partial charge in [0.1, 0.15) is 0 Å². The van der Waals surface area contributed by atoms with Gasteiger partial charge in [-0.15, -0.1) is 0 Å². The second-order valence-corrected chi connectivity index (χ2v) is 8.35. The van der Waals surface area contributed by atoms with E-state index in [-0.39, 0.29) is 30.2 Å². The molecule has 1 heterocycles. The number of esters is 1. The van der Waals surface area contributed by atoms with Crippen LogP contribution in [-0.4, -0.2) is 67.4 Å². The summed E-state index contributed by atoms with van der Waals surface area (Å²) in [6.45, 7) is 6.37. The van der Waals surface area contributed by atoms with Crippen LogP contribution in [0.3, 0.4) is 0 Å². The van der Waals surface area contributed by atoms with Crippen molar-refractivity contribution in [1.82, 2.24) is 15.1 Å². The molecule has 7 heteroatoms. The highest BCUT2D eigenvalue weighted by Gasteiger charge is 2.27. The van der Waals surface area contributed by atoms with Crippen molar-refractivity contribution in [1.29, 1.82) is 0 Å². The fourth-order valence-electron chi connectivity index (χ4n) is 4.16. The predicted molar refractivity (Wildman–Crippen MR) is 125 cm³/mol. The molecule has 1 aromatic carbocycles. The molecule has 0 saturated carbocycles. The fraction of sp³-hybridized carbons (Fsp3) is 0.640. The van der Waals surface area contributed by atoms with Crippen molar-refractivity contribution >= 4 is 17.8 Å². The average Bonchev–Trinajstić information content (AvgIpc) is 2.83. The number of methoxy groups -OCH3 is 1. The normalized spacial score (nSPS) is 19.2. The number of carbonyl (C=O) groups is 3. The molecule has 1 aromatic rings. The monoisotopic (exact) mass is 445 g/mol. The van der Waals surface area contributed by atoms with Gasteiger partial charge >= 0.3 is 5.97 Å². The number of unbranched alkanes of at least 4 members (excludes halogenated alkanes) is 1. The highest BCUT2D eigenvalue weighted by Crippen LogP contribution is 2.26. The second kappa shape index (κ2) is 14.6. The summed E-state index contributed by atoms with van der Waals surface area (Å²) in [4.78, 5) is 41.7. The molecule has 0 radical (unpaired) electrons. The maximum atomic E-state index is 13.3. The third kappa shape index (κ3) is 8.99. The number of nitrogens with one attached hydrogen (secondary N) is 1. The first-order chi connectivity index (χ1) is 15.5. The van der Waals surface area contributed by atoms with Crippen molar-refractivity contribution in [2.24, 2.45) is 0 Å². The van der Waals surface area contributed by atoms with Gasteiger partial charge in [-0.2, -0.15) is 0 Å². The van der Waals surface area contributed by atoms with Crippen LogP contribution >= 0.6 is 0 Å². The van der Waals surface area contributed by atoms with Crippen LogP contribution in [0.1, 0.15) is 69.9 Å². The molecule has 7 nitrogen and oxygen atoms in total. The molecule has 1 unspecified atom stereocenters. The Hall–Kier alpha value is -2.41. The third-order valence-electron chi connectivity index (χ3n) is 6.05. The van der Waals surface area contributed by atoms with E-state index in [4.69, 9.17) is 0 Å². The first-order valence-electron chi connectivity index (χ1n) is 12.0. The van der Waals surface area contributed by atoms with E-state index in [1.165, 1.54) is 7.11 Å². The maximum Gasteiger partial charge on any atom is 0.305 e. The molecule has 1 aliphatic heterocycles. The lowest BCUT2D eigenvalue weighted by Crippen LogP contribution is -2.39. The Labute approximate surface area is 192 Å². The molecule has 1 fully saturated rings. The number of hydrogen-bond donors (Lipinski definition) is 1. The van der Waals surface area contributed by atoms with E-state index in [2.05, 4.69) is 21.9 Å². The van der Waals surface area contributed by atoms with E-state index < -0.39 is 0 Å². The number of carbonyl (C=O) groups excluding carboxylic acids is 3. The van der Waals surface area contributed by atoms with Gasteiger partial charge in [0.05, 0.1) is 19.6 Å². The molecule has 1 saturated heterocycles. The summed E-state index contributed by atoms with van der Waals surface area (Å²) in [5.74, 6) is -0.235. The van der Waals surface area contributed by atoms with Gasteiger partial charge in [0, 0.05) is 25.9 Å². The van der Waals surface area contributed by atoms with Crippen LogP contribution < -0.4 is 5.32 Å². The number of benzene rings is 1. The van der Waals surface area contributed by atoms with Crippen LogP contribution in [0.4, 0.5) is 0 Å². The van der Waals surface area contributed by atoms with Crippen LogP contribution in [0, 0.1) is 0 Å². The van der Waals surface area contributed by atoms with Crippen molar-refractivity contribution < 1.29 is 19.1 Å². The molecule has 2 rings (SSSR count). The molecule has 0 aliphatic carbocycles. The van der Waals surface area contributed by atoms with Crippen molar-refractivity contribution in [3.8, 4) is 0 Å². The summed E-state index contributed by atoms with van der Waals surface area (Å²) in [6.07, 6.45) is 5.06. The Morgan fingerprint density at radius 2 is 1.75 bits per heavy atom. The van der Waals surface area contributed by atoms with Crippen LogP contribution in [0.2, 0.25) is 0 Å². The molecule has 0 bridgehead atoms. The largest absolute Gasteiger partial charge is 0.469 e. The molecular formula is C25H39N3O4. The summed E-state index contributed by atoms with van der Waals surface area (Å²) in [5, 5.41) is 3.04. The van der Waals surface area contributed by atoms with Crippen LogP contribution in [-0.2, 0) is 19.1 Å². The summed E-state index contributed by atoms with van der Waals surface area (Å²) < 4.78 is 4.69. The Balaban J connectivity index is 2.18. The minimum absolute atomic E-state index is 0.0195. The lowest BCUT2D eigenvalue weighted by atomic mass is 10.00. The SMILES string of the molecule is CCN1CCCCNC(=O)CC(c2ccccc2)N(C(=O)CCCCC(=O)OC)CCC1. The lowest BCUT2D eigenvalue weighted by Gasteiger charge is -2.33. The predicted octanol–water partition coefficient (Wildman–Crippen LogP) is 3.30. The van der Waals surface area contributed by atoms with Gasteiger partial charge in [0.25, 0.3) is 0 Å². The van der Waals surface area contributed by atoms with E-state index in [1.807, 2.05) is 35.2 Å².